The van der Waals surface area contributed by atoms with E-state index in [2.05, 4.69) is 10.0 Å². The molecule has 2 rings (SSSR count). The maximum atomic E-state index is 12.1. The molecule has 0 aromatic heterocycles. The first-order chi connectivity index (χ1) is 8.22. The van der Waals surface area contributed by atoms with Crippen molar-refractivity contribution in [2.75, 3.05) is 13.1 Å². The molecule has 0 unspecified atom stereocenters. The van der Waals surface area contributed by atoms with Gasteiger partial charge in [-0.25, -0.2) is 0 Å². The Morgan fingerprint density at radius 3 is 2.71 bits per heavy atom. The number of nitrogens with zero attached hydrogens (tertiary/aromatic N) is 4. The molecule has 1 saturated heterocycles. The first-order valence-corrected chi connectivity index (χ1v) is 5.60. The zero-order chi connectivity index (χ0) is 12.3. The Hall–Kier alpha value is -2.00. The minimum absolute atomic E-state index is 0.0491. The first-order valence-electron chi connectivity index (χ1n) is 5.60. The van der Waals surface area contributed by atoms with E-state index in [4.69, 9.17) is 5.53 Å². The number of rotatable bonds is 3. The summed E-state index contributed by atoms with van der Waals surface area (Å²) in [5.74, 6) is -0.0381. The summed E-state index contributed by atoms with van der Waals surface area (Å²) in [6, 6.07) is 9.64. The topological polar surface area (TPSA) is 69.1 Å². The normalized spacial score (nSPS) is 16.9. The number of carbonyl (C=O) groups is 1. The Kier molecular flexibility index (Phi) is 3.30. The van der Waals surface area contributed by atoms with Crippen molar-refractivity contribution < 1.29 is 4.79 Å². The second kappa shape index (κ2) is 4.89. The van der Waals surface area contributed by atoms with E-state index in [0.717, 1.165) is 5.56 Å². The van der Waals surface area contributed by atoms with Crippen molar-refractivity contribution in [1.82, 2.24) is 4.90 Å². The highest BCUT2D eigenvalue weighted by molar-refractivity contribution is 5.84. The number of benzene rings is 1. The zero-order valence-electron chi connectivity index (χ0n) is 9.65. The molecule has 88 valence electrons. The summed E-state index contributed by atoms with van der Waals surface area (Å²) >= 11 is 0. The predicted molar refractivity (Wildman–Crippen MR) is 64.4 cm³/mol. The molecule has 1 atom stereocenters. The molecular formula is C12H14N4O. The summed E-state index contributed by atoms with van der Waals surface area (Å²) in [6.45, 7) is 2.98. The minimum Gasteiger partial charge on any atom is -0.341 e. The van der Waals surface area contributed by atoms with Gasteiger partial charge in [-0.3, -0.25) is 4.79 Å². The van der Waals surface area contributed by atoms with Crippen LogP contribution >= 0.6 is 0 Å². The summed E-state index contributed by atoms with van der Waals surface area (Å²) in [5, 5.41) is 3.58. The summed E-state index contributed by atoms with van der Waals surface area (Å²) in [7, 11) is 0. The van der Waals surface area contributed by atoms with Crippen LogP contribution in [-0.2, 0) is 4.79 Å². The molecule has 5 heteroatoms. The molecule has 1 aliphatic rings. The molecule has 1 amide bonds. The van der Waals surface area contributed by atoms with E-state index in [0.29, 0.717) is 13.1 Å². The number of amides is 1. The first kappa shape index (κ1) is 11.5. The Balaban J connectivity index is 1.96. The van der Waals surface area contributed by atoms with E-state index in [9.17, 15) is 4.79 Å². The molecule has 1 aliphatic heterocycles. The third-order valence-electron chi connectivity index (χ3n) is 3.06. The molecular weight excluding hydrogens is 216 g/mol. The van der Waals surface area contributed by atoms with E-state index in [1.165, 1.54) is 0 Å². The third-order valence-corrected chi connectivity index (χ3v) is 3.06. The number of hydrogen-bond acceptors (Lipinski definition) is 2. The van der Waals surface area contributed by atoms with Crippen molar-refractivity contribution in [3.63, 3.8) is 0 Å². The molecule has 1 aromatic carbocycles. The van der Waals surface area contributed by atoms with Crippen LogP contribution < -0.4 is 0 Å². The van der Waals surface area contributed by atoms with E-state index in [1.807, 2.05) is 37.3 Å². The van der Waals surface area contributed by atoms with Gasteiger partial charge in [-0.1, -0.05) is 35.4 Å². The van der Waals surface area contributed by atoms with Crippen molar-refractivity contribution in [1.29, 1.82) is 0 Å². The monoisotopic (exact) mass is 230 g/mol. The van der Waals surface area contributed by atoms with Crippen molar-refractivity contribution in [2.45, 2.75) is 18.9 Å². The molecule has 0 aliphatic carbocycles. The van der Waals surface area contributed by atoms with Crippen LogP contribution in [0.15, 0.2) is 35.4 Å². The highest BCUT2D eigenvalue weighted by Gasteiger charge is 2.32. The molecule has 17 heavy (non-hydrogen) atoms. The fourth-order valence-corrected chi connectivity index (χ4v) is 1.94. The molecule has 1 heterocycles. The third kappa shape index (κ3) is 2.40. The van der Waals surface area contributed by atoms with E-state index >= 15 is 0 Å². The quantitative estimate of drug-likeness (QED) is 0.446. The number of carbonyl (C=O) groups excluding carboxylic acids is 1. The average Bonchev–Trinajstić information content (AvgIpc) is 2.32. The van der Waals surface area contributed by atoms with Crippen molar-refractivity contribution >= 4 is 5.91 Å². The average molecular weight is 230 g/mol. The van der Waals surface area contributed by atoms with Gasteiger partial charge in [0.2, 0.25) is 5.91 Å². The lowest BCUT2D eigenvalue weighted by Gasteiger charge is -2.38. The van der Waals surface area contributed by atoms with Crippen molar-refractivity contribution in [3.8, 4) is 0 Å². The molecule has 1 fully saturated rings. The molecule has 0 bridgehead atoms. The van der Waals surface area contributed by atoms with Gasteiger partial charge in [-0.15, -0.1) is 0 Å². The molecule has 5 nitrogen and oxygen atoms in total. The van der Waals surface area contributed by atoms with E-state index in [-0.39, 0.29) is 17.9 Å². The summed E-state index contributed by atoms with van der Waals surface area (Å²) in [6.07, 6.45) is 0. The minimum atomic E-state index is -0.136. The number of likely N-dealkylation sites (tertiary alicyclic amines) is 1. The van der Waals surface area contributed by atoms with Crippen LogP contribution in [0.4, 0.5) is 0 Å². The highest BCUT2D eigenvalue weighted by atomic mass is 16.2. The van der Waals surface area contributed by atoms with Crippen LogP contribution in [0.1, 0.15) is 18.4 Å². The molecule has 1 aromatic rings. The second-order valence-corrected chi connectivity index (χ2v) is 4.23. The molecule has 0 radical (unpaired) electrons. The van der Waals surface area contributed by atoms with Gasteiger partial charge >= 0.3 is 0 Å². The van der Waals surface area contributed by atoms with E-state index in [1.54, 1.807) is 4.90 Å². The Bertz CT molecular complexity index is 447. The lowest BCUT2D eigenvalue weighted by molar-refractivity contribution is -0.136. The standard InChI is InChI=1S/C12H14N4O/c1-9(10-5-3-2-4-6-10)12(17)16-7-11(8-16)14-15-13/h2-6,9,11H,7-8H2,1H3/t9-/m1/s1. The van der Waals surface area contributed by atoms with Gasteiger partial charge in [-0.2, -0.15) is 0 Å². The molecule has 0 spiro atoms. The van der Waals surface area contributed by atoms with Crippen molar-refractivity contribution in [3.05, 3.63) is 46.3 Å². The van der Waals surface area contributed by atoms with Gasteiger partial charge in [0.25, 0.3) is 0 Å². The number of hydrogen-bond donors (Lipinski definition) is 0. The maximum Gasteiger partial charge on any atom is 0.229 e. The summed E-state index contributed by atoms with van der Waals surface area (Å²) in [4.78, 5) is 16.5. The Labute approximate surface area is 99.7 Å². The largest absolute Gasteiger partial charge is 0.341 e. The van der Waals surface area contributed by atoms with Gasteiger partial charge in [0.05, 0.1) is 12.0 Å². The lowest BCUT2D eigenvalue weighted by Crippen LogP contribution is -2.53. The van der Waals surface area contributed by atoms with Crippen LogP contribution in [0.5, 0.6) is 0 Å². The molecule has 0 N–H and O–H groups in total. The fourth-order valence-electron chi connectivity index (χ4n) is 1.94. The van der Waals surface area contributed by atoms with E-state index < -0.39 is 0 Å². The second-order valence-electron chi connectivity index (χ2n) is 4.23. The smallest absolute Gasteiger partial charge is 0.229 e. The van der Waals surface area contributed by atoms with Crippen LogP contribution in [-0.4, -0.2) is 29.9 Å². The number of azide groups is 1. The van der Waals surface area contributed by atoms with Gasteiger partial charge < -0.3 is 4.90 Å². The SMILES string of the molecule is C[C@@H](C(=O)N1CC(N=[N+]=[N-])C1)c1ccccc1. The Morgan fingerprint density at radius 2 is 2.12 bits per heavy atom. The summed E-state index contributed by atoms with van der Waals surface area (Å²) in [5.41, 5.74) is 9.29. The predicted octanol–water partition coefficient (Wildman–Crippen LogP) is 2.31. The van der Waals surface area contributed by atoms with Gasteiger partial charge in [0.15, 0.2) is 0 Å². The van der Waals surface area contributed by atoms with Crippen LogP contribution in [0.2, 0.25) is 0 Å². The van der Waals surface area contributed by atoms with Gasteiger partial charge in [0, 0.05) is 18.0 Å². The highest BCUT2D eigenvalue weighted by Crippen LogP contribution is 2.22. The van der Waals surface area contributed by atoms with Gasteiger partial charge in [-0.05, 0) is 18.0 Å². The summed E-state index contributed by atoms with van der Waals surface area (Å²) < 4.78 is 0. The molecule has 0 saturated carbocycles. The van der Waals surface area contributed by atoms with Gasteiger partial charge in [0.1, 0.15) is 0 Å². The Morgan fingerprint density at radius 1 is 1.47 bits per heavy atom. The lowest BCUT2D eigenvalue weighted by atomic mass is 9.97. The van der Waals surface area contributed by atoms with Crippen molar-refractivity contribution in [2.24, 2.45) is 5.11 Å². The fraction of sp³-hybridized carbons (Fsp3) is 0.417. The zero-order valence-corrected chi connectivity index (χ0v) is 9.65. The maximum absolute atomic E-state index is 12.1. The van der Waals surface area contributed by atoms with Crippen LogP contribution in [0.25, 0.3) is 10.4 Å². The van der Waals surface area contributed by atoms with Crippen LogP contribution in [0.3, 0.4) is 0 Å². The van der Waals surface area contributed by atoms with Crippen LogP contribution in [0, 0.1) is 0 Å².